The minimum Gasteiger partial charge on any atom is -0.207 e. The van der Waals surface area contributed by atoms with Gasteiger partial charge in [0.15, 0.2) is 11.6 Å². The molecule has 0 aromatic heterocycles. The molecular weight excluding hydrogens is 189 g/mol. The van der Waals surface area contributed by atoms with E-state index in [0.717, 1.165) is 6.07 Å². The molecule has 4 heteroatoms. The Bertz CT molecular complexity index is 297. The maximum atomic E-state index is 12.8. The first kappa shape index (κ1) is 9.39. The Balaban J connectivity index is 3.23. The fraction of sp³-hybridized carbons (Fsp3) is 0.250. The molecule has 0 spiro atoms. The van der Waals surface area contributed by atoms with Gasteiger partial charge in [-0.15, -0.1) is 11.6 Å². The van der Waals surface area contributed by atoms with Crippen LogP contribution in [-0.2, 0) is 0 Å². The van der Waals surface area contributed by atoms with Gasteiger partial charge in [-0.1, -0.05) is 0 Å². The average Bonchev–Trinajstić information content (AvgIpc) is 1.96. The molecule has 0 fully saturated rings. The van der Waals surface area contributed by atoms with Gasteiger partial charge in [-0.05, 0) is 13.0 Å². The van der Waals surface area contributed by atoms with Crippen LogP contribution in [0.4, 0.5) is 13.2 Å². The molecule has 0 bridgehead atoms. The van der Waals surface area contributed by atoms with Gasteiger partial charge in [0.25, 0.3) is 0 Å². The fourth-order valence-electron chi connectivity index (χ4n) is 0.843. The molecule has 66 valence electrons. The van der Waals surface area contributed by atoms with Crippen molar-refractivity contribution < 1.29 is 13.2 Å². The molecule has 1 atom stereocenters. The third-order valence-corrected chi connectivity index (χ3v) is 1.70. The van der Waals surface area contributed by atoms with Gasteiger partial charge in [-0.2, -0.15) is 0 Å². The van der Waals surface area contributed by atoms with Crippen molar-refractivity contribution in [3.05, 3.63) is 35.1 Å². The van der Waals surface area contributed by atoms with Crippen LogP contribution in [0.2, 0.25) is 0 Å². The number of benzene rings is 1. The minimum atomic E-state index is -1.20. The second-order valence-corrected chi connectivity index (χ2v) is 3.06. The van der Waals surface area contributed by atoms with Gasteiger partial charge in [-0.25, -0.2) is 13.2 Å². The molecule has 1 aromatic carbocycles. The van der Waals surface area contributed by atoms with E-state index in [1.165, 1.54) is 6.92 Å². The van der Waals surface area contributed by atoms with Crippen LogP contribution in [0.15, 0.2) is 12.1 Å². The van der Waals surface area contributed by atoms with Crippen LogP contribution in [0.5, 0.6) is 0 Å². The number of hydrogen-bond acceptors (Lipinski definition) is 0. The van der Waals surface area contributed by atoms with Crippen molar-refractivity contribution in [2.45, 2.75) is 12.3 Å². The zero-order chi connectivity index (χ0) is 9.30. The van der Waals surface area contributed by atoms with Crippen LogP contribution >= 0.6 is 11.6 Å². The largest absolute Gasteiger partial charge is 0.207 e. The first-order valence-corrected chi connectivity index (χ1v) is 3.74. The second-order valence-electron chi connectivity index (χ2n) is 2.40. The minimum absolute atomic E-state index is 0.0319. The molecule has 0 amide bonds. The molecule has 0 saturated heterocycles. The Morgan fingerprint density at radius 1 is 1.08 bits per heavy atom. The third-order valence-electron chi connectivity index (χ3n) is 1.47. The van der Waals surface area contributed by atoms with Crippen LogP contribution in [0, 0.1) is 17.5 Å². The summed E-state index contributed by atoms with van der Waals surface area (Å²) in [6.45, 7) is 1.48. The van der Waals surface area contributed by atoms with Gasteiger partial charge in [0.1, 0.15) is 5.82 Å². The van der Waals surface area contributed by atoms with Crippen LogP contribution in [-0.4, -0.2) is 0 Å². The summed E-state index contributed by atoms with van der Waals surface area (Å²) in [7, 11) is 0. The summed E-state index contributed by atoms with van der Waals surface area (Å²) in [6, 6.07) is 1.26. The lowest BCUT2D eigenvalue weighted by atomic mass is 10.1. The summed E-state index contributed by atoms with van der Waals surface area (Å²) in [5, 5.41) is -0.667. The van der Waals surface area contributed by atoms with E-state index < -0.39 is 22.8 Å². The normalized spacial score (nSPS) is 13.1. The Morgan fingerprint density at radius 2 is 1.58 bits per heavy atom. The molecule has 0 aliphatic carbocycles. The number of halogens is 4. The van der Waals surface area contributed by atoms with Crippen molar-refractivity contribution in [2.24, 2.45) is 0 Å². The molecule has 0 nitrogen and oxygen atoms in total. The smallest absolute Gasteiger partial charge is 0.161 e. The Morgan fingerprint density at radius 3 is 2.08 bits per heavy atom. The average molecular weight is 195 g/mol. The topological polar surface area (TPSA) is 0 Å². The van der Waals surface area contributed by atoms with Crippen molar-refractivity contribution >= 4 is 11.6 Å². The Kier molecular flexibility index (Phi) is 2.62. The van der Waals surface area contributed by atoms with Gasteiger partial charge in [-0.3, -0.25) is 0 Å². The molecule has 1 unspecified atom stereocenters. The van der Waals surface area contributed by atoms with E-state index >= 15 is 0 Å². The van der Waals surface area contributed by atoms with E-state index in [2.05, 4.69) is 0 Å². The van der Waals surface area contributed by atoms with Gasteiger partial charge >= 0.3 is 0 Å². The van der Waals surface area contributed by atoms with Crippen molar-refractivity contribution in [3.8, 4) is 0 Å². The summed E-state index contributed by atoms with van der Waals surface area (Å²) in [6.07, 6.45) is 0. The predicted molar refractivity (Wildman–Crippen MR) is 40.6 cm³/mol. The Labute approximate surface area is 73.0 Å². The fourth-order valence-corrected chi connectivity index (χ4v) is 1.01. The van der Waals surface area contributed by atoms with Crippen LogP contribution < -0.4 is 0 Å². The zero-order valence-electron chi connectivity index (χ0n) is 6.24. The Hall–Kier alpha value is -0.700. The molecule has 12 heavy (non-hydrogen) atoms. The van der Waals surface area contributed by atoms with Gasteiger partial charge in [0.05, 0.1) is 5.38 Å². The van der Waals surface area contributed by atoms with Crippen LogP contribution in [0.25, 0.3) is 0 Å². The van der Waals surface area contributed by atoms with Gasteiger partial charge in [0.2, 0.25) is 0 Å². The highest BCUT2D eigenvalue weighted by Crippen LogP contribution is 2.24. The highest BCUT2D eigenvalue weighted by Gasteiger charge is 2.12. The molecule has 1 rings (SSSR count). The molecule has 0 N–H and O–H groups in total. The van der Waals surface area contributed by atoms with E-state index in [0.29, 0.717) is 6.07 Å². The molecule has 0 aliphatic heterocycles. The first-order valence-electron chi connectivity index (χ1n) is 3.31. The number of rotatable bonds is 1. The second kappa shape index (κ2) is 3.35. The monoisotopic (exact) mass is 194 g/mol. The van der Waals surface area contributed by atoms with Crippen molar-refractivity contribution in [2.75, 3.05) is 0 Å². The maximum absolute atomic E-state index is 12.8. The number of alkyl halides is 1. The molecule has 0 aliphatic rings. The van der Waals surface area contributed by atoms with Gasteiger partial charge < -0.3 is 0 Å². The third kappa shape index (κ3) is 1.72. The van der Waals surface area contributed by atoms with Crippen molar-refractivity contribution in [1.29, 1.82) is 0 Å². The lowest BCUT2D eigenvalue weighted by molar-refractivity contribution is 0.490. The van der Waals surface area contributed by atoms with Crippen molar-refractivity contribution in [3.63, 3.8) is 0 Å². The lowest BCUT2D eigenvalue weighted by Crippen LogP contribution is -1.95. The van der Waals surface area contributed by atoms with E-state index in [9.17, 15) is 13.2 Å². The summed E-state index contributed by atoms with van der Waals surface area (Å²) in [5.41, 5.74) is -0.0319. The molecule has 0 heterocycles. The molecular formula is C8H6ClF3. The maximum Gasteiger partial charge on any atom is 0.161 e. The van der Waals surface area contributed by atoms with Gasteiger partial charge in [0, 0.05) is 11.6 Å². The van der Waals surface area contributed by atoms with Crippen LogP contribution in [0.3, 0.4) is 0 Å². The van der Waals surface area contributed by atoms with E-state index in [4.69, 9.17) is 11.6 Å². The quantitative estimate of drug-likeness (QED) is 0.475. The summed E-state index contributed by atoms with van der Waals surface area (Å²) >= 11 is 5.50. The lowest BCUT2D eigenvalue weighted by Gasteiger charge is -2.04. The standard InChI is InChI=1S/C8H6ClF3/c1-4(9)5-2-7(11)8(12)3-6(5)10/h2-4H,1H3. The van der Waals surface area contributed by atoms with Crippen molar-refractivity contribution in [1.82, 2.24) is 0 Å². The first-order chi connectivity index (χ1) is 5.52. The van der Waals surface area contributed by atoms with E-state index in [-0.39, 0.29) is 5.56 Å². The molecule has 0 saturated carbocycles. The predicted octanol–water partition coefficient (Wildman–Crippen LogP) is 3.40. The van der Waals surface area contributed by atoms with E-state index in [1.807, 2.05) is 0 Å². The van der Waals surface area contributed by atoms with Crippen LogP contribution in [0.1, 0.15) is 17.9 Å². The number of hydrogen-bond donors (Lipinski definition) is 0. The zero-order valence-corrected chi connectivity index (χ0v) is 7.00. The highest BCUT2D eigenvalue weighted by atomic mass is 35.5. The molecule has 1 aromatic rings. The summed E-state index contributed by atoms with van der Waals surface area (Å²) in [4.78, 5) is 0. The highest BCUT2D eigenvalue weighted by molar-refractivity contribution is 6.20. The van der Waals surface area contributed by atoms with E-state index in [1.54, 1.807) is 0 Å². The summed E-state index contributed by atoms with van der Waals surface area (Å²) < 4.78 is 37.7. The summed E-state index contributed by atoms with van der Waals surface area (Å²) in [5.74, 6) is -3.11. The SMILES string of the molecule is CC(Cl)c1cc(F)c(F)cc1F. The molecule has 0 radical (unpaired) electrons.